The lowest BCUT2D eigenvalue weighted by Gasteiger charge is -2.56. The van der Waals surface area contributed by atoms with Gasteiger partial charge in [0.2, 0.25) is 0 Å². The highest BCUT2D eigenvalue weighted by Crippen LogP contribution is 2.79. The van der Waals surface area contributed by atoms with Gasteiger partial charge in [0.15, 0.2) is 0 Å². The summed E-state index contributed by atoms with van der Waals surface area (Å²) in [6.07, 6.45) is 1.72. The van der Waals surface area contributed by atoms with Crippen LogP contribution in [0.5, 0.6) is 0 Å². The third-order valence-corrected chi connectivity index (χ3v) is 6.97. The Kier molecular flexibility index (Phi) is 8.15. The molecule has 0 heterocycles. The van der Waals surface area contributed by atoms with Gasteiger partial charge in [-0.2, -0.15) is 87.8 Å². The van der Waals surface area contributed by atoms with Crippen LogP contribution in [0.4, 0.5) is 101 Å². The Balaban J connectivity index is 0.00000177. The number of halogens is 23. The molecule has 0 nitrogen and oxygen atoms in total. The van der Waals surface area contributed by atoms with E-state index in [2.05, 4.69) is 0 Å². The van der Waals surface area contributed by atoms with E-state index in [-0.39, 0.29) is 6.01 Å². The van der Waals surface area contributed by atoms with Crippen molar-refractivity contribution in [2.45, 2.75) is 69.2 Å². The molecule has 0 aromatic carbocycles. The molecule has 0 aromatic heterocycles. The van der Waals surface area contributed by atoms with Crippen LogP contribution in [0.25, 0.3) is 0 Å². The number of thioether (sulfide) groups is 2. The quantitative estimate of drug-likeness (QED) is 0.275. The standard InChI is InChI=1S/C12F22S.C2H5FS/c13-1(14)3(17,18)7(25,26)11(33,8(27,28)4(1,19)20)35-12(34)9(29,30)5(21,22)2(15,16)6(23,24)10(12,31)32;1-4-2-3/h;2H2,1H3. The first kappa shape index (κ1) is 36.1. The average Bonchev–Trinajstić information content (AvgIpc) is 2.76. The van der Waals surface area contributed by atoms with Crippen LogP contribution in [0.15, 0.2) is 0 Å². The monoisotopic (exact) mass is 674 g/mol. The summed E-state index contributed by atoms with van der Waals surface area (Å²) in [5.41, 5.74) is 0. The van der Waals surface area contributed by atoms with Crippen molar-refractivity contribution < 1.29 is 101 Å². The highest BCUT2D eigenvalue weighted by atomic mass is 32.2. The van der Waals surface area contributed by atoms with Crippen LogP contribution in [-0.2, 0) is 0 Å². The van der Waals surface area contributed by atoms with Crippen molar-refractivity contribution in [3.8, 4) is 0 Å². The second kappa shape index (κ2) is 8.80. The second-order valence-electron chi connectivity index (χ2n) is 7.43. The largest absolute Gasteiger partial charge is 0.384 e. The van der Waals surface area contributed by atoms with E-state index >= 15 is 0 Å². The molecule has 0 aliphatic heterocycles. The van der Waals surface area contributed by atoms with Gasteiger partial charge in [0.25, 0.3) is 10.0 Å². The smallest absolute Gasteiger partial charge is 0.239 e. The molecule has 0 amide bonds. The van der Waals surface area contributed by atoms with Crippen LogP contribution < -0.4 is 0 Å². The van der Waals surface area contributed by atoms with E-state index in [9.17, 15) is 101 Å². The molecule has 25 heteroatoms. The van der Waals surface area contributed by atoms with Gasteiger partial charge in [-0.05, 0) is 6.26 Å². The first-order chi connectivity index (χ1) is 16.6. The Bertz CT molecular complexity index is 803. The van der Waals surface area contributed by atoms with E-state index in [4.69, 9.17) is 0 Å². The van der Waals surface area contributed by atoms with Gasteiger partial charge in [-0.25, -0.2) is 13.2 Å². The van der Waals surface area contributed by atoms with Crippen molar-refractivity contribution in [3.63, 3.8) is 0 Å². The van der Waals surface area contributed by atoms with E-state index in [1.165, 1.54) is 11.8 Å². The highest BCUT2D eigenvalue weighted by Gasteiger charge is 3.06. The SMILES string of the molecule is CSCF.FC1(F)C(F)(F)C(F)(F)C(F)(SC2(F)C(F)(F)C(F)(F)C(F)(F)C(F)(F)C2(F)F)C(F)(F)C1(F)F. The predicted molar refractivity (Wildman–Crippen MR) is 84.2 cm³/mol. The summed E-state index contributed by atoms with van der Waals surface area (Å²) in [5.74, 6) is -83.2. The van der Waals surface area contributed by atoms with Crippen LogP contribution in [0.1, 0.15) is 0 Å². The van der Waals surface area contributed by atoms with Crippen molar-refractivity contribution in [2.24, 2.45) is 0 Å². The van der Waals surface area contributed by atoms with Crippen LogP contribution in [0, 0.1) is 0 Å². The zero-order chi connectivity index (χ0) is 32.1. The molecule has 2 aliphatic rings. The first-order valence-corrected chi connectivity index (χ1v) is 10.7. The van der Waals surface area contributed by atoms with Crippen molar-refractivity contribution >= 4 is 23.5 Å². The van der Waals surface area contributed by atoms with E-state index in [0.29, 0.717) is 0 Å². The Morgan fingerprint density at radius 2 is 0.462 bits per heavy atom. The van der Waals surface area contributed by atoms with Crippen molar-refractivity contribution in [2.75, 3.05) is 12.3 Å². The molecule has 0 saturated heterocycles. The lowest BCUT2D eigenvalue weighted by Crippen LogP contribution is -2.86. The number of hydrogen-bond donors (Lipinski definition) is 0. The molecule has 0 spiro atoms. The summed E-state index contributed by atoms with van der Waals surface area (Å²) in [6, 6.07) is -0.264. The van der Waals surface area contributed by atoms with E-state index in [1.54, 1.807) is 6.26 Å². The number of alkyl halides is 23. The second-order valence-corrected chi connectivity index (χ2v) is 9.56. The van der Waals surface area contributed by atoms with Crippen molar-refractivity contribution in [3.05, 3.63) is 0 Å². The first-order valence-electron chi connectivity index (χ1n) is 8.53. The molecule has 0 aromatic rings. The maximum Gasteiger partial charge on any atom is 0.384 e. The molecule has 0 bridgehead atoms. The Hall–Kier alpha value is -0.910. The number of rotatable bonds is 3. The zero-order valence-electron chi connectivity index (χ0n) is 17.2. The summed E-state index contributed by atoms with van der Waals surface area (Å²) in [4.78, 5) is 0. The topological polar surface area (TPSA) is 0 Å². The fraction of sp³-hybridized carbons (Fsp3) is 1.00. The highest BCUT2D eigenvalue weighted by molar-refractivity contribution is 8.02. The summed E-state index contributed by atoms with van der Waals surface area (Å²) in [5, 5.41) is -16.7. The zero-order valence-corrected chi connectivity index (χ0v) is 18.8. The molecule has 2 saturated carbocycles. The predicted octanol–water partition coefficient (Wildman–Crippen LogP) is 8.71. The number of hydrogen-bond acceptors (Lipinski definition) is 2. The van der Waals surface area contributed by atoms with Crippen LogP contribution in [0.2, 0.25) is 0 Å². The lowest BCUT2D eigenvalue weighted by atomic mass is 9.80. The van der Waals surface area contributed by atoms with Gasteiger partial charge >= 0.3 is 59.2 Å². The van der Waals surface area contributed by atoms with Crippen LogP contribution in [-0.4, -0.2) is 81.5 Å². The van der Waals surface area contributed by atoms with E-state index < -0.39 is 81.0 Å². The minimum Gasteiger partial charge on any atom is -0.239 e. The van der Waals surface area contributed by atoms with Gasteiger partial charge in [0.1, 0.15) is 6.01 Å². The molecular weight excluding hydrogens is 669 g/mol. The molecule has 2 rings (SSSR count). The molecule has 0 N–H and O–H groups in total. The van der Waals surface area contributed by atoms with Gasteiger partial charge in [-0.3, -0.25) is 0 Å². The summed E-state index contributed by atoms with van der Waals surface area (Å²) >= 11 is -3.35. The molecule has 0 radical (unpaired) electrons. The molecule has 234 valence electrons. The minimum absolute atomic E-state index is 0.264. The van der Waals surface area contributed by atoms with E-state index in [0.717, 1.165) is 0 Å². The van der Waals surface area contributed by atoms with Gasteiger partial charge < -0.3 is 0 Å². The summed E-state index contributed by atoms with van der Waals surface area (Å²) in [7, 11) is 0. The third kappa shape index (κ3) is 3.51. The Morgan fingerprint density at radius 3 is 0.590 bits per heavy atom. The molecule has 0 atom stereocenters. The Labute approximate surface area is 207 Å². The fourth-order valence-corrected chi connectivity index (χ4v) is 4.25. The maximum absolute atomic E-state index is 14.5. The van der Waals surface area contributed by atoms with E-state index in [1.807, 2.05) is 0 Å². The van der Waals surface area contributed by atoms with Gasteiger partial charge in [0.05, 0.1) is 0 Å². The van der Waals surface area contributed by atoms with Gasteiger partial charge in [-0.15, -0.1) is 11.8 Å². The normalized spacial score (nSPS) is 32.3. The van der Waals surface area contributed by atoms with Crippen molar-refractivity contribution in [1.29, 1.82) is 0 Å². The van der Waals surface area contributed by atoms with Crippen LogP contribution in [0.3, 0.4) is 0 Å². The summed E-state index contributed by atoms with van der Waals surface area (Å²) in [6.45, 7) is 0. The van der Waals surface area contributed by atoms with Crippen LogP contribution >= 0.6 is 23.5 Å². The molecule has 2 fully saturated rings. The maximum atomic E-state index is 14.5. The third-order valence-electron chi connectivity index (χ3n) is 5.16. The minimum atomic E-state index is -8.45. The lowest BCUT2D eigenvalue weighted by molar-refractivity contribution is -0.476. The molecule has 2 aliphatic carbocycles. The van der Waals surface area contributed by atoms with Crippen molar-refractivity contribution in [1.82, 2.24) is 0 Å². The molecular formula is C14H5F23S2. The molecule has 0 unspecified atom stereocenters. The summed E-state index contributed by atoms with van der Waals surface area (Å²) < 4.78 is 308. The Morgan fingerprint density at radius 1 is 0.333 bits per heavy atom. The molecule has 39 heavy (non-hydrogen) atoms. The van der Waals surface area contributed by atoms with Gasteiger partial charge in [0, 0.05) is 0 Å². The average molecular weight is 674 g/mol. The van der Waals surface area contributed by atoms with Gasteiger partial charge in [-0.1, -0.05) is 11.8 Å². The fourth-order valence-electron chi connectivity index (χ4n) is 2.84.